The molecule has 0 saturated carbocycles. The van der Waals surface area contributed by atoms with Gasteiger partial charge in [-0.3, -0.25) is 10.1 Å². The maximum atomic E-state index is 12.0. The van der Waals surface area contributed by atoms with Gasteiger partial charge in [-0.2, -0.15) is 0 Å². The zero-order valence-electron chi connectivity index (χ0n) is 12.1. The average Bonchev–Trinajstić information content (AvgIpc) is 3.18. The molecule has 23 heavy (non-hydrogen) atoms. The first-order valence-electron chi connectivity index (χ1n) is 7.11. The minimum absolute atomic E-state index is 0.231. The summed E-state index contributed by atoms with van der Waals surface area (Å²) in [6.45, 7) is 0.231. The largest absolute Gasteiger partial charge is 0.454 e. The van der Waals surface area contributed by atoms with Gasteiger partial charge in [0, 0.05) is 6.08 Å². The monoisotopic (exact) mass is 307 g/mol. The molecule has 0 unspecified atom stereocenters. The van der Waals surface area contributed by atoms with Crippen LogP contribution in [0.2, 0.25) is 0 Å². The Morgan fingerprint density at radius 3 is 2.96 bits per heavy atom. The zero-order valence-corrected chi connectivity index (χ0v) is 12.1. The van der Waals surface area contributed by atoms with Crippen molar-refractivity contribution in [3.8, 4) is 11.5 Å². The quantitative estimate of drug-likeness (QED) is 0.729. The number of nitrogens with one attached hydrogen (secondary N) is 2. The third kappa shape index (κ3) is 2.74. The SMILES string of the molecule is O=C(C=Cc1ccc2c(c1)OCO2)Nc1nc2ccccc2[nH]1. The first kappa shape index (κ1) is 13.4. The maximum absolute atomic E-state index is 12.0. The van der Waals surface area contributed by atoms with Crippen LogP contribution in [0.15, 0.2) is 48.5 Å². The van der Waals surface area contributed by atoms with Gasteiger partial charge in [0.25, 0.3) is 5.91 Å². The summed E-state index contributed by atoms with van der Waals surface area (Å²) in [6.07, 6.45) is 3.16. The van der Waals surface area contributed by atoms with Gasteiger partial charge < -0.3 is 14.5 Å². The number of hydrogen-bond donors (Lipinski definition) is 2. The summed E-state index contributed by atoms with van der Waals surface area (Å²) in [5.41, 5.74) is 2.54. The number of hydrogen-bond acceptors (Lipinski definition) is 4. The van der Waals surface area contributed by atoms with Crippen LogP contribution in [0.5, 0.6) is 11.5 Å². The van der Waals surface area contributed by atoms with Crippen LogP contribution in [0.1, 0.15) is 5.56 Å². The Bertz CT molecular complexity index is 881. The molecular weight excluding hydrogens is 294 g/mol. The summed E-state index contributed by atoms with van der Waals surface area (Å²) in [6, 6.07) is 13.1. The van der Waals surface area contributed by atoms with Gasteiger partial charge in [-0.1, -0.05) is 18.2 Å². The lowest BCUT2D eigenvalue weighted by Gasteiger charge is -1.98. The summed E-state index contributed by atoms with van der Waals surface area (Å²) >= 11 is 0. The highest BCUT2D eigenvalue weighted by atomic mass is 16.7. The minimum Gasteiger partial charge on any atom is -0.454 e. The number of benzene rings is 2. The van der Waals surface area contributed by atoms with Crippen LogP contribution in [0.3, 0.4) is 0 Å². The van der Waals surface area contributed by atoms with E-state index in [9.17, 15) is 4.79 Å². The van der Waals surface area contributed by atoms with E-state index in [1.807, 2.05) is 42.5 Å². The molecule has 0 spiro atoms. The summed E-state index contributed by atoms with van der Waals surface area (Å²) < 4.78 is 10.6. The van der Waals surface area contributed by atoms with E-state index in [0.717, 1.165) is 16.6 Å². The molecule has 0 fully saturated rings. The van der Waals surface area contributed by atoms with Gasteiger partial charge in [-0.15, -0.1) is 0 Å². The molecule has 6 heteroatoms. The Morgan fingerprint density at radius 1 is 1.17 bits per heavy atom. The van der Waals surface area contributed by atoms with Crippen molar-refractivity contribution in [3.05, 3.63) is 54.1 Å². The number of amides is 1. The Balaban J connectivity index is 1.47. The molecule has 2 heterocycles. The number of carbonyl (C=O) groups is 1. The number of rotatable bonds is 3. The Labute approximate surface area is 131 Å². The predicted molar refractivity (Wildman–Crippen MR) is 86.3 cm³/mol. The van der Waals surface area contributed by atoms with Crippen LogP contribution in [-0.2, 0) is 4.79 Å². The molecule has 4 rings (SSSR count). The fourth-order valence-electron chi connectivity index (χ4n) is 2.36. The maximum Gasteiger partial charge on any atom is 0.250 e. The number of imidazole rings is 1. The number of anilines is 1. The molecule has 0 bridgehead atoms. The molecule has 1 amide bonds. The van der Waals surface area contributed by atoms with Crippen LogP contribution < -0.4 is 14.8 Å². The first-order chi connectivity index (χ1) is 11.3. The van der Waals surface area contributed by atoms with Crippen LogP contribution in [0, 0.1) is 0 Å². The van der Waals surface area contributed by atoms with Gasteiger partial charge in [-0.05, 0) is 35.9 Å². The molecule has 2 aromatic carbocycles. The van der Waals surface area contributed by atoms with Gasteiger partial charge in [-0.25, -0.2) is 4.98 Å². The van der Waals surface area contributed by atoms with Crippen molar-refractivity contribution in [3.63, 3.8) is 0 Å². The van der Waals surface area contributed by atoms with Crippen LogP contribution >= 0.6 is 0 Å². The third-order valence-corrected chi connectivity index (χ3v) is 3.45. The predicted octanol–water partition coefficient (Wildman–Crippen LogP) is 2.94. The lowest BCUT2D eigenvalue weighted by Crippen LogP contribution is -2.08. The second kappa shape index (κ2) is 5.49. The van der Waals surface area contributed by atoms with Gasteiger partial charge in [0.15, 0.2) is 11.5 Å². The van der Waals surface area contributed by atoms with E-state index in [1.54, 1.807) is 6.08 Å². The van der Waals surface area contributed by atoms with Crippen molar-refractivity contribution < 1.29 is 14.3 Å². The Hall–Kier alpha value is -3.28. The normalized spacial score (nSPS) is 12.9. The van der Waals surface area contributed by atoms with Crippen LogP contribution in [0.25, 0.3) is 17.1 Å². The number of carbonyl (C=O) groups excluding carboxylic acids is 1. The summed E-state index contributed by atoms with van der Waals surface area (Å²) in [5.74, 6) is 1.56. The van der Waals surface area contributed by atoms with Crippen molar-refractivity contribution in [2.45, 2.75) is 0 Å². The van der Waals surface area contributed by atoms with Gasteiger partial charge >= 0.3 is 0 Å². The van der Waals surface area contributed by atoms with Crippen molar-refractivity contribution in [2.24, 2.45) is 0 Å². The molecule has 1 aromatic heterocycles. The van der Waals surface area contributed by atoms with Gasteiger partial charge in [0.05, 0.1) is 11.0 Å². The lowest BCUT2D eigenvalue weighted by molar-refractivity contribution is -0.111. The Morgan fingerprint density at radius 2 is 2.04 bits per heavy atom. The van der Waals surface area contributed by atoms with Gasteiger partial charge in [0.2, 0.25) is 12.7 Å². The van der Waals surface area contributed by atoms with E-state index in [-0.39, 0.29) is 12.7 Å². The standard InChI is InChI=1S/C17H13N3O3/c21-16(20-17-18-12-3-1-2-4-13(12)19-17)8-6-11-5-7-14-15(9-11)23-10-22-14/h1-9H,10H2,(H2,18,19,20,21). The molecule has 3 aromatic rings. The summed E-state index contributed by atoms with van der Waals surface area (Å²) in [7, 11) is 0. The Kier molecular flexibility index (Phi) is 3.20. The second-order valence-electron chi connectivity index (χ2n) is 5.04. The molecule has 0 aliphatic carbocycles. The fraction of sp³-hybridized carbons (Fsp3) is 0.0588. The molecule has 6 nitrogen and oxygen atoms in total. The number of aromatic amines is 1. The second-order valence-corrected chi connectivity index (χ2v) is 5.04. The number of ether oxygens (including phenoxy) is 2. The number of H-pyrrole nitrogens is 1. The highest BCUT2D eigenvalue weighted by Crippen LogP contribution is 2.32. The average molecular weight is 307 g/mol. The summed E-state index contributed by atoms with van der Waals surface area (Å²) in [4.78, 5) is 19.3. The van der Waals surface area contributed by atoms with Crippen molar-refractivity contribution in [1.82, 2.24) is 9.97 Å². The van der Waals surface area contributed by atoms with E-state index in [2.05, 4.69) is 15.3 Å². The topological polar surface area (TPSA) is 76.2 Å². The van der Waals surface area contributed by atoms with Crippen molar-refractivity contribution in [1.29, 1.82) is 0 Å². The molecule has 1 aliphatic heterocycles. The van der Waals surface area contributed by atoms with E-state index in [0.29, 0.717) is 17.4 Å². The van der Waals surface area contributed by atoms with Crippen molar-refractivity contribution >= 4 is 29.0 Å². The fourth-order valence-corrected chi connectivity index (χ4v) is 2.36. The number of para-hydroxylation sites is 2. The van der Waals surface area contributed by atoms with E-state index in [1.165, 1.54) is 6.08 Å². The van der Waals surface area contributed by atoms with Crippen molar-refractivity contribution in [2.75, 3.05) is 12.1 Å². The van der Waals surface area contributed by atoms with Gasteiger partial charge in [0.1, 0.15) is 0 Å². The molecule has 0 radical (unpaired) electrons. The molecule has 1 aliphatic rings. The first-order valence-corrected chi connectivity index (χ1v) is 7.11. The minimum atomic E-state index is -0.262. The molecule has 2 N–H and O–H groups in total. The highest BCUT2D eigenvalue weighted by molar-refractivity contribution is 6.01. The number of nitrogens with zero attached hydrogens (tertiary/aromatic N) is 1. The molecule has 0 saturated heterocycles. The molecule has 114 valence electrons. The van der Waals surface area contributed by atoms with Crippen LogP contribution in [0.4, 0.5) is 5.95 Å². The molecular formula is C17H13N3O3. The highest BCUT2D eigenvalue weighted by Gasteiger charge is 2.12. The third-order valence-electron chi connectivity index (χ3n) is 3.45. The smallest absolute Gasteiger partial charge is 0.250 e. The zero-order chi connectivity index (χ0) is 15.6. The van der Waals surface area contributed by atoms with E-state index in [4.69, 9.17) is 9.47 Å². The number of aromatic nitrogens is 2. The van der Waals surface area contributed by atoms with Crippen LogP contribution in [-0.4, -0.2) is 22.7 Å². The summed E-state index contributed by atoms with van der Waals surface area (Å²) in [5, 5.41) is 2.71. The molecule has 0 atom stereocenters. The van der Waals surface area contributed by atoms with E-state index >= 15 is 0 Å². The lowest BCUT2D eigenvalue weighted by atomic mass is 10.2. The van der Waals surface area contributed by atoms with E-state index < -0.39 is 0 Å². The number of fused-ring (bicyclic) bond motifs is 2.